The van der Waals surface area contributed by atoms with Crippen LogP contribution in [0.5, 0.6) is 5.75 Å². The molecular weight excluding hydrogens is 373 g/mol. The van der Waals surface area contributed by atoms with Gasteiger partial charge in [-0.05, 0) is 24.3 Å². The molecule has 1 aliphatic heterocycles. The average molecular weight is 388 g/mol. The van der Waals surface area contributed by atoms with Crippen molar-refractivity contribution in [2.45, 2.75) is 6.04 Å². The fraction of sp³-hybridized carbons (Fsp3) is 0.167. The number of hydrogen-bond acceptors (Lipinski definition) is 6. The van der Waals surface area contributed by atoms with E-state index in [-0.39, 0.29) is 17.0 Å². The number of methoxy groups -OCH3 is 1. The summed E-state index contributed by atoms with van der Waals surface area (Å²) in [6.45, 7) is 0.656. The van der Waals surface area contributed by atoms with Gasteiger partial charge in [0.05, 0.1) is 29.4 Å². The zero-order chi connectivity index (χ0) is 19.0. The summed E-state index contributed by atoms with van der Waals surface area (Å²) >= 11 is 5.84. The average Bonchev–Trinajstić information content (AvgIpc) is 3.50. The van der Waals surface area contributed by atoms with E-state index >= 15 is 0 Å². The Morgan fingerprint density at radius 1 is 1.33 bits per heavy atom. The third-order valence-corrected chi connectivity index (χ3v) is 4.41. The Kier molecular flexibility index (Phi) is 4.51. The van der Waals surface area contributed by atoms with Gasteiger partial charge in [-0.3, -0.25) is 4.79 Å². The maximum absolute atomic E-state index is 13.4. The molecular formula is C18H15ClFN5O2. The van der Waals surface area contributed by atoms with E-state index in [1.165, 1.54) is 25.6 Å². The van der Waals surface area contributed by atoms with Crippen molar-refractivity contribution >= 4 is 45.6 Å². The predicted octanol–water partition coefficient (Wildman–Crippen LogP) is 3.08. The Labute approximate surface area is 158 Å². The Bertz CT molecular complexity index is 1040. The summed E-state index contributed by atoms with van der Waals surface area (Å²) in [6.07, 6.45) is 1.40. The number of aromatic nitrogens is 2. The van der Waals surface area contributed by atoms with Crippen LogP contribution in [0, 0.1) is 5.82 Å². The van der Waals surface area contributed by atoms with Crippen molar-refractivity contribution in [3.63, 3.8) is 0 Å². The largest absolute Gasteiger partial charge is 0.494 e. The molecule has 4 rings (SSSR count). The molecule has 3 N–H and O–H groups in total. The fourth-order valence-corrected chi connectivity index (χ4v) is 2.81. The summed E-state index contributed by atoms with van der Waals surface area (Å²) in [6, 6.07) is 7.57. The van der Waals surface area contributed by atoms with Crippen LogP contribution in [0.1, 0.15) is 0 Å². The van der Waals surface area contributed by atoms with Crippen LogP contribution in [0.3, 0.4) is 0 Å². The van der Waals surface area contributed by atoms with Crippen molar-refractivity contribution in [1.82, 2.24) is 15.3 Å². The van der Waals surface area contributed by atoms with Gasteiger partial charge in [0.1, 0.15) is 23.7 Å². The molecule has 0 radical (unpaired) electrons. The highest BCUT2D eigenvalue weighted by molar-refractivity contribution is 6.31. The molecule has 2 heterocycles. The number of ether oxygens (including phenoxy) is 1. The Balaban J connectivity index is 1.73. The van der Waals surface area contributed by atoms with Gasteiger partial charge in [-0.25, -0.2) is 14.4 Å². The minimum absolute atomic E-state index is 0.00455. The molecule has 0 bridgehead atoms. The smallest absolute Gasteiger partial charge is 0.242 e. The second-order valence-electron chi connectivity index (χ2n) is 6.00. The van der Waals surface area contributed by atoms with Crippen molar-refractivity contribution < 1.29 is 13.9 Å². The third kappa shape index (κ3) is 3.62. The van der Waals surface area contributed by atoms with E-state index < -0.39 is 5.82 Å². The molecule has 0 saturated carbocycles. The SMILES string of the molecule is COc1cc2ncnc(Nc3ccc(F)c(Cl)c3)c2cc1NC(=O)[C@H]1CN1. The maximum atomic E-state index is 13.4. The van der Waals surface area contributed by atoms with Crippen LogP contribution in [0.15, 0.2) is 36.7 Å². The minimum atomic E-state index is -0.502. The topological polar surface area (TPSA) is 98.1 Å². The molecule has 1 atom stereocenters. The first-order valence-corrected chi connectivity index (χ1v) is 8.52. The van der Waals surface area contributed by atoms with E-state index in [4.69, 9.17) is 16.3 Å². The lowest BCUT2D eigenvalue weighted by molar-refractivity contribution is -0.115. The number of rotatable bonds is 5. The molecule has 1 aromatic heterocycles. The third-order valence-electron chi connectivity index (χ3n) is 4.12. The van der Waals surface area contributed by atoms with Crippen molar-refractivity contribution in [2.75, 3.05) is 24.3 Å². The second kappa shape index (κ2) is 6.98. The number of benzene rings is 2. The molecule has 1 amide bonds. The summed E-state index contributed by atoms with van der Waals surface area (Å²) in [4.78, 5) is 20.6. The highest BCUT2D eigenvalue weighted by Crippen LogP contribution is 2.33. The van der Waals surface area contributed by atoms with E-state index in [0.29, 0.717) is 40.4 Å². The molecule has 138 valence electrons. The van der Waals surface area contributed by atoms with Gasteiger partial charge in [0, 0.05) is 23.7 Å². The molecule has 3 aromatic rings. The Hall–Kier alpha value is -2.97. The van der Waals surface area contributed by atoms with Gasteiger partial charge in [0.25, 0.3) is 0 Å². The first-order valence-electron chi connectivity index (χ1n) is 8.14. The zero-order valence-electron chi connectivity index (χ0n) is 14.2. The number of halogens is 2. The van der Waals surface area contributed by atoms with Crippen molar-refractivity contribution in [3.05, 3.63) is 47.5 Å². The monoisotopic (exact) mass is 387 g/mol. The Morgan fingerprint density at radius 2 is 2.15 bits per heavy atom. The van der Waals surface area contributed by atoms with Crippen LogP contribution >= 0.6 is 11.6 Å². The maximum Gasteiger partial charge on any atom is 0.242 e. The molecule has 1 aliphatic rings. The van der Waals surface area contributed by atoms with Gasteiger partial charge >= 0.3 is 0 Å². The lowest BCUT2D eigenvalue weighted by Gasteiger charge is -2.13. The number of fused-ring (bicyclic) bond motifs is 1. The normalized spacial score (nSPS) is 15.4. The number of nitrogens with one attached hydrogen (secondary N) is 3. The van der Waals surface area contributed by atoms with Crippen molar-refractivity contribution in [2.24, 2.45) is 0 Å². The van der Waals surface area contributed by atoms with Crippen molar-refractivity contribution in [3.8, 4) is 5.75 Å². The summed E-state index contributed by atoms with van der Waals surface area (Å²) < 4.78 is 18.7. The van der Waals surface area contributed by atoms with E-state index in [1.54, 1.807) is 18.2 Å². The molecule has 27 heavy (non-hydrogen) atoms. The van der Waals surface area contributed by atoms with Gasteiger partial charge in [-0.2, -0.15) is 0 Å². The second-order valence-corrected chi connectivity index (χ2v) is 6.40. The highest BCUT2D eigenvalue weighted by atomic mass is 35.5. The quantitative estimate of drug-likeness (QED) is 0.582. The number of hydrogen-bond donors (Lipinski definition) is 3. The standard InChI is InChI=1S/C18H15ClFN5O2/c1-27-16-6-13-10(5-14(16)25-18(26)15-7-21-15)17(23-8-22-13)24-9-2-3-12(20)11(19)4-9/h2-6,8,15,21H,7H2,1H3,(H,25,26)(H,22,23,24)/t15-/m1/s1. The zero-order valence-corrected chi connectivity index (χ0v) is 15.0. The molecule has 2 aromatic carbocycles. The number of anilines is 3. The summed E-state index contributed by atoms with van der Waals surface area (Å²) in [5.74, 6) is 0.346. The van der Waals surface area contributed by atoms with Crippen LogP contribution in [0.4, 0.5) is 21.6 Å². The predicted molar refractivity (Wildman–Crippen MR) is 101 cm³/mol. The number of amides is 1. The lowest BCUT2D eigenvalue weighted by Crippen LogP contribution is -2.20. The van der Waals surface area contributed by atoms with Crippen molar-refractivity contribution in [1.29, 1.82) is 0 Å². The Morgan fingerprint density at radius 3 is 2.85 bits per heavy atom. The molecule has 0 aliphatic carbocycles. The van der Waals surface area contributed by atoms with Crippen LogP contribution in [-0.2, 0) is 4.79 Å². The first-order chi connectivity index (χ1) is 13.0. The van der Waals surface area contributed by atoms with E-state index in [0.717, 1.165) is 0 Å². The number of carbonyl (C=O) groups excluding carboxylic acids is 1. The van der Waals surface area contributed by atoms with Crippen LogP contribution < -0.4 is 20.7 Å². The first kappa shape index (κ1) is 17.4. The molecule has 1 saturated heterocycles. The van der Waals surface area contributed by atoms with Gasteiger partial charge in [0.15, 0.2) is 0 Å². The van der Waals surface area contributed by atoms with E-state index in [2.05, 4.69) is 25.9 Å². The van der Waals surface area contributed by atoms with Crippen LogP contribution in [0.25, 0.3) is 10.9 Å². The van der Waals surface area contributed by atoms with E-state index in [9.17, 15) is 9.18 Å². The van der Waals surface area contributed by atoms with Crippen LogP contribution in [0.2, 0.25) is 5.02 Å². The molecule has 1 fully saturated rings. The number of nitrogens with zero attached hydrogens (tertiary/aromatic N) is 2. The molecule has 9 heteroatoms. The van der Waals surface area contributed by atoms with Crippen LogP contribution in [-0.4, -0.2) is 35.6 Å². The van der Waals surface area contributed by atoms with Gasteiger partial charge in [-0.1, -0.05) is 11.6 Å². The lowest BCUT2D eigenvalue weighted by atomic mass is 10.1. The fourth-order valence-electron chi connectivity index (χ4n) is 2.62. The van der Waals surface area contributed by atoms with Gasteiger partial charge < -0.3 is 20.7 Å². The van der Waals surface area contributed by atoms with E-state index in [1.807, 2.05) is 0 Å². The van der Waals surface area contributed by atoms with Gasteiger partial charge in [0.2, 0.25) is 5.91 Å². The summed E-state index contributed by atoms with van der Waals surface area (Å²) in [5.41, 5.74) is 1.71. The number of carbonyl (C=O) groups is 1. The molecule has 7 nitrogen and oxygen atoms in total. The molecule has 0 spiro atoms. The summed E-state index contributed by atoms with van der Waals surface area (Å²) in [7, 11) is 1.52. The minimum Gasteiger partial charge on any atom is -0.494 e. The molecule has 0 unspecified atom stereocenters. The van der Waals surface area contributed by atoms with Gasteiger partial charge in [-0.15, -0.1) is 0 Å². The summed E-state index contributed by atoms with van der Waals surface area (Å²) in [5, 5.41) is 9.56. The highest BCUT2D eigenvalue weighted by Gasteiger charge is 2.29.